The maximum absolute atomic E-state index is 9.64. The van der Waals surface area contributed by atoms with E-state index >= 15 is 0 Å². The van der Waals surface area contributed by atoms with E-state index in [9.17, 15) is 5.11 Å². The molecule has 0 amide bonds. The fourth-order valence-electron chi connectivity index (χ4n) is 3.92. The van der Waals surface area contributed by atoms with Gasteiger partial charge in [0.2, 0.25) is 0 Å². The molecule has 33 heavy (non-hydrogen) atoms. The molecule has 0 radical (unpaired) electrons. The number of pyridine rings is 2. The lowest BCUT2D eigenvalue weighted by Gasteiger charge is -2.28. The highest BCUT2D eigenvalue weighted by molar-refractivity contribution is 6.31. The smallest absolute Gasteiger partial charge is 0.0737 e. The summed E-state index contributed by atoms with van der Waals surface area (Å²) in [7, 11) is 2.10. The number of anilines is 2. The van der Waals surface area contributed by atoms with E-state index in [1.54, 1.807) is 12.4 Å². The van der Waals surface area contributed by atoms with Gasteiger partial charge in [0.25, 0.3) is 0 Å². The van der Waals surface area contributed by atoms with Gasteiger partial charge in [0.15, 0.2) is 0 Å². The molecule has 6 nitrogen and oxygen atoms in total. The number of nitrogens with zero attached hydrogens (tertiary/aromatic N) is 4. The average Bonchev–Trinajstić information content (AvgIpc) is 2.81. The van der Waals surface area contributed by atoms with Crippen molar-refractivity contribution in [2.45, 2.75) is 0 Å². The molecule has 0 aliphatic heterocycles. The molecule has 4 rings (SSSR count). The summed E-state index contributed by atoms with van der Waals surface area (Å²) in [5.41, 5.74) is 3.84. The van der Waals surface area contributed by atoms with Gasteiger partial charge in [0.05, 0.1) is 17.6 Å². The Bertz CT molecular complexity index is 1240. The van der Waals surface area contributed by atoms with Crippen molar-refractivity contribution in [1.29, 1.82) is 0 Å². The quantitative estimate of drug-likeness (QED) is 0.333. The molecule has 2 aromatic heterocycles. The van der Waals surface area contributed by atoms with Crippen molar-refractivity contribution in [2.24, 2.45) is 0 Å². The number of aliphatic hydroxyl groups is 1. The summed E-state index contributed by atoms with van der Waals surface area (Å²) in [5, 5.41) is 16.6. The summed E-state index contributed by atoms with van der Waals surface area (Å²) in [4.78, 5) is 13.3. The summed E-state index contributed by atoms with van der Waals surface area (Å²) in [6, 6.07) is 15.5. The van der Waals surface area contributed by atoms with Crippen LogP contribution < -0.4 is 10.2 Å². The van der Waals surface area contributed by atoms with Gasteiger partial charge in [0, 0.05) is 77.3 Å². The number of aromatic nitrogens is 2. The normalized spacial score (nSPS) is 11.4. The third-order valence-electron chi connectivity index (χ3n) is 5.66. The van der Waals surface area contributed by atoms with Gasteiger partial charge >= 0.3 is 0 Å². The molecule has 2 N–H and O–H groups in total. The van der Waals surface area contributed by atoms with Crippen molar-refractivity contribution in [3.05, 3.63) is 71.0 Å². The maximum atomic E-state index is 9.64. The average molecular weight is 484 g/mol. The van der Waals surface area contributed by atoms with Crippen molar-refractivity contribution >= 4 is 56.4 Å². The van der Waals surface area contributed by atoms with Crippen LogP contribution in [-0.4, -0.2) is 66.4 Å². The van der Waals surface area contributed by atoms with Crippen molar-refractivity contribution < 1.29 is 5.11 Å². The largest absolute Gasteiger partial charge is 0.395 e. The maximum Gasteiger partial charge on any atom is 0.0737 e. The topological polar surface area (TPSA) is 64.5 Å². The fraction of sp³-hybridized carbons (Fsp3) is 0.280. The molecule has 2 heterocycles. The SMILES string of the molecule is CN(CCNc1ccnc2cc(Cl)ccc12)CCN(CCO)c1ccnc2cc(Cl)ccc12. The molecule has 0 atom stereocenters. The molecular formula is C25H27Cl2N5O. The minimum atomic E-state index is 0.0851. The van der Waals surface area contributed by atoms with Crippen LogP contribution in [0.1, 0.15) is 0 Å². The van der Waals surface area contributed by atoms with E-state index in [2.05, 4.69) is 32.1 Å². The molecule has 0 saturated heterocycles. The molecule has 0 saturated carbocycles. The van der Waals surface area contributed by atoms with Crippen LogP contribution in [0.25, 0.3) is 21.8 Å². The lowest BCUT2D eigenvalue weighted by Crippen LogP contribution is -2.36. The highest BCUT2D eigenvalue weighted by atomic mass is 35.5. The molecule has 0 fully saturated rings. The highest BCUT2D eigenvalue weighted by Gasteiger charge is 2.12. The van der Waals surface area contributed by atoms with Crippen molar-refractivity contribution in [3.8, 4) is 0 Å². The second-order valence-electron chi connectivity index (χ2n) is 7.95. The molecule has 0 aliphatic rings. The summed E-state index contributed by atoms with van der Waals surface area (Å²) in [6.45, 7) is 3.95. The van der Waals surface area contributed by atoms with E-state index in [4.69, 9.17) is 23.2 Å². The first kappa shape index (κ1) is 23.5. The molecule has 8 heteroatoms. The first-order chi connectivity index (χ1) is 16.0. The predicted octanol–water partition coefficient (Wildman–Crippen LogP) is 4.93. The van der Waals surface area contributed by atoms with Crippen LogP contribution >= 0.6 is 23.2 Å². The first-order valence-electron chi connectivity index (χ1n) is 10.9. The zero-order chi connectivity index (χ0) is 23.2. The highest BCUT2D eigenvalue weighted by Crippen LogP contribution is 2.27. The molecule has 0 bridgehead atoms. The number of benzene rings is 2. The van der Waals surface area contributed by atoms with Gasteiger partial charge in [-0.3, -0.25) is 9.97 Å². The van der Waals surface area contributed by atoms with Crippen LogP contribution in [-0.2, 0) is 0 Å². The van der Waals surface area contributed by atoms with Crippen LogP contribution in [0.3, 0.4) is 0 Å². The second kappa shape index (κ2) is 11.0. The summed E-state index contributed by atoms with van der Waals surface area (Å²) in [6.07, 6.45) is 3.59. The van der Waals surface area contributed by atoms with Gasteiger partial charge in [-0.15, -0.1) is 0 Å². The summed E-state index contributed by atoms with van der Waals surface area (Å²) in [5.74, 6) is 0. The Morgan fingerprint density at radius 3 is 2.21 bits per heavy atom. The molecule has 4 aromatic rings. The lowest BCUT2D eigenvalue weighted by molar-refractivity contribution is 0.296. The van der Waals surface area contributed by atoms with E-state index in [-0.39, 0.29) is 6.61 Å². The third kappa shape index (κ3) is 5.84. The predicted molar refractivity (Wildman–Crippen MR) is 139 cm³/mol. The number of rotatable bonds is 10. The molecule has 2 aromatic carbocycles. The Kier molecular flexibility index (Phi) is 7.83. The standard InChI is InChI=1S/C25H27Cl2N5O/c1-31(11-10-30-22-6-8-28-23-16-18(26)2-4-20(22)23)12-13-32(14-15-33)25-7-9-29-24-17-19(27)3-5-21(24)25/h2-9,16-17,33H,10-15H2,1H3,(H,28,30). The van der Waals surface area contributed by atoms with E-state index in [1.807, 2.05) is 48.5 Å². The van der Waals surface area contributed by atoms with Gasteiger partial charge < -0.3 is 20.2 Å². The van der Waals surface area contributed by atoms with Crippen LogP contribution in [0.4, 0.5) is 11.4 Å². The van der Waals surface area contributed by atoms with Crippen molar-refractivity contribution in [1.82, 2.24) is 14.9 Å². The minimum Gasteiger partial charge on any atom is -0.395 e. The number of fused-ring (bicyclic) bond motifs is 2. The molecule has 172 valence electrons. The van der Waals surface area contributed by atoms with Crippen LogP contribution in [0.5, 0.6) is 0 Å². The number of hydrogen-bond acceptors (Lipinski definition) is 6. The molecular weight excluding hydrogens is 457 g/mol. The van der Waals surface area contributed by atoms with Gasteiger partial charge in [0.1, 0.15) is 0 Å². The third-order valence-corrected chi connectivity index (χ3v) is 6.13. The number of likely N-dealkylation sites (N-methyl/N-ethyl adjacent to an activating group) is 1. The van der Waals surface area contributed by atoms with E-state index < -0.39 is 0 Å². The Morgan fingerprint density at radius 1 is 0.818 bits per heavy atom. The van der Waals surface area contributed by atoms with Crippen LogP contribution in [0.15, 0.2) is 60.9 Å². The van der Waals surface area contributed by atoms with Crippen LogP contribution in [0.2, 0.25) is 10.0 Å². The van der Waals surface area contributed by atoms with Crippen LogP contribution in [0, 0.1) is 0 Å². The van der Waals surface area contributed by atoms with Gasteiger partial charge in [-0.1, -0.05) is 23.2 Å². The zero-order valence-corrected chi connectivity index (χ0v) is 20.0. The fourth-order valence-corrected chi connectivity index (χ4v) is 4.25. The Morgan fingerprint density at radius 2 is 1.48 bits per heavy atom. The number of nitrogens with one attached hydrogen (secondary N) is 1. The number of halogens is 2. The second-order valence-corrected chi connectivity index (χ2v) is 8.83. The first-order valence-corrected chi connectivity index (χ1v) is 11.7. The van der Waals surface area contributed by atoms with Crippen molar-refractivity contribution in [2.75, 3.05) is 56.6 Å². The van der Waals surface area contributed by atoms with Gasteiger partial charge in [-0.25, -0.2) is 0 Å². The van der Waals surface area contributed by atoms with Crippen molar-refractivity contribution in [3.63, 3.8) is 0 Å². The number of hydrogen-bond donors (Lipinski definition) is 2. The zero-order valence-electron chi connectivity index (χ0n) is 18.5. The Labute approximate surface area is 203 Å². The molecule has 0 aliphatic carbocycles. The molecule has 0 spiro atoms. The summed E-state index contributed by atoms with van der Waals surface area (Å²) >= 11 is 12.2. The minimum absolute atomic E-state index is 0.0851. The van der Waals surface area contributed by atoms with E-state index in [0.717, 1.165) is 59.4 Å². The monoisotopic (exact) mass is 483 g/mol. The summed E-state index contributed by atoms with van der Waals surface area (Å²) < 4.78 is 0. The van der Waals surface area contributed by atoms with Gasteiger partial charge in [-0.2, -0.15) is 0 Å². The van der Waals surface area contributed by atoms with Gasteiger partial charge in [-0.05, 0) is 55.6 Å². The van der Waals surface area contributed by atoms with E-state index in [1.165, 1.54) is 0 Å². The Balaban J connectivity index is 1.36. The molecule has 0 unspecified atom stereocenters. The number of aliphatic hydroxyl groups excluding tert-OH is 1. The Hall–Kier alpha value is -2.64. The van der Waals surface area contributed by atoms with E-state index in [0.29, 0.717) is 16.6 Å². The lowest BCUT2D eigenvalue weighted by atomic mass is 10.1.